The molecule has 1 N–H and O–H groups in total. The SMILES string of the molecule is CN1CCc2cc(NC(=O)c3ncoc3-c3cccc(C(F)(F)F)c3)ccc2C1=O. The standard InChI is InChI=1S/C21H16F3N3O3/c1-27-8-7-12-10-15(5-6-16(12)20(27)29)26-19(28)17-18(30-11-25-17)13-3-2-4-14(9-13)21(22,23)24/h2-6,9-11H,7-8H2,1H3,(H,26,28). The molecule has 0 aliphatic carbocycles. The highest BCUT2D eigenvalue weighted by molar-refractivity contribution is 6.06. The first kappa shape index (κ1) is 19.7. The van der Waals surface area contributed by atoms with E-state index in [9.17, 15) is 22.8 Å². The van der Waals surface area contributed by atoms with E-state index in [0.29, 0.717) is 24.2 Å². The summed E-state index contributed by atoms with van der Waals surface area (Å²) in [5, 5.41) is 2.67. The van der Waals surface area contributed by atoms with Crippen molar-refractivity contribution < 1.29 is 27.2 Å². The summed E-state index contributed by atoms with van der Waals surface area (Å²) in [5.41, 5.74) is 0.942. The van der Waals surface area contributed by atoms with Gasteiger partial charge in [0.15, 0.2) is 17.8 Å². The number of halogens is 3. The van der Waals surface area contributed by atoms with E-state index in [1.807, 2.05) is 0 Å². The number of carbonyl (C=O) groups excluding carboxylic acids is 2. The smallest absolute Gasteiger partial charge is 0.416 e. The second kappa shape index (κ2) is 7.33. The molecule has 0 fully saturated rings. The van der Waals surface area contributed by atoms with Crippen LogP contribution in [0.1, 0.15) is 32.0 Å². The van der Waals surface area contributed by atoms with Gasteiger partial charge in [-0.25, -0.2) is 4.98 Å². The zero-order chi connectivity index (χ0) is 21.5. The lowest BCUT2D eigenvalue weighted by molar-refractivity contribution is -0.137. The summed E-state index contributed by atoms with van der Waals surface area (Å²) in [6.07, 6.45) is -2.86. The van der Waals surface area contributed by atoms with Crippen molar-refractivity contribution >= 4 is 17.5 Å². The third kappa shape index (κ3) is 3.66. The number of nitrogens with zero attached hydrogens (tertiary/aromatic N) is 2. The average Bonchev–Trinajstić information content (AvgIpc) is 3.20. The van der Waals surface area contributed by atoms with Gasteiger partial charge in [0.25, 0.3) is 11.8 Å². The maximum absolute atomic E-state index is 13.0. The number of rotatable bonds is 3. The highest BCUT2D eigenvalue weighted by Gasteiger charge is 2.31. The van der Waals surface area contributed by atoms with Crippen LogP contribution in [0.4, 0.5) is 18.9 Å². The summed E-state index contributed by atoms with van der Waals surface area (Å²) in [6, 6.07) is 9.43. The molecule has 30 heavy (non-hydrogen) atoms. The molecular weight excluding hydrogens is 399 g/mol. The van der Waals surface area contributed by atoms with Gasteiger partial charge in [-0.05, 0) is 42.3 Å². The molecular formula is C21H16F3N3O3. The number of benzene rings is 2. The molecule has 4 rings (SSSR count). The van der Waals surface area contributed by atoms with Gasteiger partial charge in [0, 0.05) is 30.4 Å². The van der Waals surface area contributed by atoms with Crippen LogP contribution in [-0.2, 0) is 12.6 Å². The van der Waals surface area contributed by atoms with E-state index in [0.717, 1.165) is 24.1 Å². The van der Waals surface area contributed by atoms with Gasteiger partial charge in [-0.15, -0.1) is 0 Å². The topological polar surface area (TPSA) is 75.4 Å². The third-order valence-corrected chi connectivity index (χ3v) is 4.89. The summed E-state index contributed by atoms with van der Waals surface area (Å²) in [5.74, 6) is -0.777. The van der Waals surface area contributed by atoms with Gasteiger partial charge in [-0.2, -0.15) is 13.2 Å². The van der Waals surface area contributed by atoms with Crippen molar-refractivity contribution in [2.75, 3.05) is 18.9 Å². The minimum atomic E-state index is -4.52. The van der Waals surface area contributed by atoms with Gasteiger partial charge >= 0.3 is 6.18 Å². The van der Waals surface area contributed by atoms with Crippen molar-refractivity contribution in [1.82, 2.24) is 9.88 Å². The number of alkyl halides is 3. The van der Waals surface area contributed by atoms with E-state index in [1.54, 1.807) is 30.1 Å². The molecule has 2 aromatic carbocycles. The van der Waals surface area contributed by atoms with E-state index < -0.39 is 17.6 Å². The lowest BCUT2D eigenvalue weighted by Crippen LogP contribution is -2.34. The molecule has 0 saturated heterocycles. The van der Waals surface area contributed by atoms with E-state index >= 15 is 0 Å². The lowest BCUT2D eigenvalue weighted by atomic mass is 9.98. The van der Waals surface area contributed by atoms with Gasteiger partial charge in [0.05, 0.1) is 5.56 Å². The number of aromatic nitrogens is 1. The monoisotopic (exact) mass is 415 g/mol. The third-order valence-electron chi connectivity index (χ3n) is 4.89. The van der Waals surface area contributed by atoms with Crippen molar-refractivity contribution in [3.8, 4) is 11.3 Å². The van der Waals surface area contributed by atoms with Crippen molar-refractivity contribution in [1.29, 1.82) is 0 Å². The van der Waals surface area contributed by atoms with Crippen LogP contribution in [0.2, 0.25) is 0 Å². The Hall–Kier alpha value is -3.62. The Morgan fingerprint density at radius 1 is 1.20 bits per heavy atom. The Morgan fingerprint density at radius 2 is 2.00 bits per heavy atom. The quantitative estimate of drug-likeness (QED) is 0.694. The summed E-state index contributed by atoms with van der Waals surface area (Å²) in [6.45, 7) is 0.576. The van der Waals surface area contributed by atoms with Gasteiger partial charge in [0.2, 0.25) is 0 Å². The van der Waals surface area contributed by atoms with Crippen LogP contribution in [0, 0.1) is 0 Å². The molecule has 154 valence electrons. The minimum Gasteiger partial charge on any atom is -0.443 e. The van der Waals surface area contributed by atoms with Gasteiger partial charge in [-0.1, -0.05) is 12.1 Å². The van der Waals surface area contributed by atoms with E-state index in [1.165, 1.54) is 12.1 Å². The molecule has 0 saturated carbocycles. The molecule has 2 amide bonds. The molecule has 2 heterocycles. The Bertz CT molecular complexity index is 1140. The van der Waals surface area contributed by atoms with Crippen LogP contribution in [0.15, 0.2) is 53.3 Å². The van der Waals surface area contributed by atoms with Crippen LogP contribution in [0.3, 0.4) is 0 Å². The fraction of sp³-hybridized carbons (Fsp3) is 0.190. The summed E-state index contributed by atoms with van der Waals surface area (Å²) < 4.78 is 44.2. The minimum absolute atomic E-state index is 0.0617. The second-order valence-corrected chi connectivity index (χ2v) is 6.91. The number of fused-ring (bicyclic) bond motifs is 1. The highest BCUT2D eigenvalue weighted by Crippen LogP contribution is 2.33. The van der Waals surface area contributed by atoms with Crippen LogP contribution in [-0.4, -0.2) is 35.3 Å². The van der Waals surface area contributed by atoms with Gasteiger partial charge in [0.1, 0.15) is 0 Å². The zero-order valence-corrected chi connectivity index (χ0v) is 15.8. The van der Waals surface area contributed by atoms with Crippen LogP contribution in [0.25, 0.3) is 11.3 Å². The molecule has 0 unspecified atom stereocenters. The lowest BCUT2D eigenvalue weighted by Gasteiger charge is -2.25. The first-order chi connectivity index (χ1) is 14.2. The van der Waals surface area contributed by atoms with Crippen molar-refractivity contribution in [2.24, 2.45) is 0 Å². The summed E-state index contributed by atoms with van der Waals surface area (Å²) in [7, 11) is 1.72. The van der Waals surface area contributed by atoms with Crippen LogP contribution >= 0.6 is 0 Å². The molecule has 0 radical (unpaired) electrons. The molecule has 1 aliphatic heterocycles. The van der Waals surface area contributed by atoms with Crippen LogP contribution < -0.4 is 5.32 Å². The number of likely N-dealkylation sites (N-methyl/N-ethyl adjacent to an activating group) is 1. The second-order valence-electron chi connectivity index (χ2n) is 6.91. The van der Waals surface area contributed by atoms with E-state index in [-0.39, 0.29) is 22.9 Å². The largest absolute Gasteiger partial charge is 0.443 e. The summed E-state index contributed by atoms with van der Waals surface area (Å²) >= 11 is 0. The predicted molar refractivity (Wildman–Crippen MR) is 102 cm³/mol. The number of anilines is 1. The maximum atomic E-state index is 13.0. The Kier molecular flexibility index (Phi) is 4.81. The predicted octanol–water partition coefficient (Wildman–Crippen LogP) is 4.24. The Balaban J connectivity index is 1.60. The van der Waals surface area contributed by atoms with E-state index in [4.69, 9.17) is 4.42 Å². The Labute approximate surface area is 169 Å². The number of oxazole rings is 1. The van der Waals surface area contributed by atoms with Gasteiger partial charge < -0.3 is 14.6 Å². The van der Waals surface area contributed by atoms with Crippen molar-refractivity contribution in [3.63, 3.8) is 0 Å². The van der Waals surface area contributed by atoms with Crippen molar-refractivity contribution in [2.45, 2.75) is 12.6 Å². The molecule has 0 bridgehead atoms. The van der Waals surface area contributed by atoms with Crippen molar-refractivity contribution in [3.05, 3.63) is 71.2 Å². The molecule has 1 aliphatic rings. The fourth-order valence-corrected chi connectivity index (χ4v) is 3.32. The number of hydrogen-bond acceptors (Lipinski definition) is 4. The number of amides is 2. The molecule has 1 aromatic heterocycles. The maximum Gasteiger partial charge on any atom is 0.416 e. The van der Waals surface area contributed by atoms with Gasteiger partial charge in [-0.3, -0.25) is 9.59 Å². The average molecular weight is 415 g/mol. The molecule has 0 atom stereocenters. The molecule has 6 nitrogen and oxygen atoms in total. The first-order valence-electron chi connectivity index (χ1n) is 9.05. The molecule has 9 heteroatoms. The van der Waals surface area contributed by atoms with E-state index in [2.05, 4.69) is 10.3 Å². The number of hydrogen-bond donors (Lipinski definition) is 1. The Morgan fingerprint density at radius 3 is 2.77 bits per heavy atom. The zero-order valence-electron chi connectivity index (χ0n) is 15.8. The summed E-state index contributed by atoms with van der Waals surface area (Å²) in [4.78, 5) is 30.4. The normalized spacial score (nSPS) is 13.9. The number of carbonyl (C=O) groups is 2. The van der Waals surface area contributed by atoms with Crippen LogP contribution in [0.5, 0.6) is 0 Å². The highest BCUT2D eigenvalue weighted by atomic mass is 19.4. The fourth-order valence-electron chi connectivity index (χ4n) is 3.32. The first-order valence-corrected chi connectivity index (χ1v) is 9.05. The number of nitrogens with one attached hydrogen (secondary N) is 1. The molecule has 0 spiro atoms. The molecule has 3 aromatic rings.